The SMILES string of the molecule is Cc1cccc(NC(=O)c2cc3ccccc3c(N=Nc3ccc4c(c3)C(=O)c3cc(N=Nc5c(O)cc6c7c5cccc7c(=O)n5c7ccccc7nc65)ccc3-4)c2O)c1. The number of aryl methyl sites for hydroxylation is 1. The van der Waals surface area contributed by atoms with E-state index in [2.05, 4.69) is 25.8 Å². The lowest BCUT2D eigenvalue weighted by molar-refractivity contribution is 0.102. The number of amides is 1. The van der Waals surface area contributed by atoms with Crippen molar-refractivity contribution in [3.8, 4) is 22.6 Å². The average molecular weight is 796 g/mol. The number of phenols is 2. The largest absolute Gasteiger partial charge is 0.506 e. The summed E-state index contributed by atoms with van der Waals surface area (Å²) in [6.07, 6.45) is 0. The predicted molar refractivity (Wildman–Crippen MR) is 235 cm³/mol. The molecule has 61 heavy (non-hydrogen) atoms. The topological polar surface area (TPSA) is 170 Å². The maximum atomic E-state index is 13.9. The second-order valence-electron chi connectivity index (χ2n) is 14.9. The van der Waals surface area contributed by atoms with Gasteiger partial charge in [-0.2, -0.15) is 10.2 Å². The van der Waals surface area contributed by atoms with Crippen LogP contribution in [0.2, 0.25) is 0 Å². The van der Waals surface area contributed by atoms with Gasteiger partial charge in [0.05, 0.1) is 28.0 Å². The molecule has 0 atom stereocenters. The monoisotopic (exact) mass is 795 g/mol. The highest BCUT2D eigenvalue weighted by Crippen LogP contribution is 2.45. The Morgan fingerprint density at radius 2 is 1.30 bits per heavy atom. The van der Waals surface area contributed by atoms with E-state index in [0.29, 0.717) is 88.3 Å². The van der Waals surface area contributed by atoms with Gasteiger partial charge in [0.2, 0.25) is 0 Å². The molecule has 1 amide bonds. The summed E-state index contributed by atoms with van der Waals surface area (Å²) in [6, 6.07) is 40.8. The Bertz CT molecular complexity index is 3690. The quantitative estimate of drug-likeness (QED) is 0.141. The summed E-state index contributed by atoms with van der Waals surface area (Å²) in [6.45, 7) is 1.92. The number of rotatable bonds is 6. The molecule has 1 aliphatic rings. The van der Waals surface area contributed by atoms with Gasteiger partial charge in [0.15, 0.2) is 11.5 Å². The van der Waals surface area contributed by atoms with Crippen molar-refractivity contribution in [3.63, 3.8) is 0 Å². The highest BCUT2D eigenvalue weighted by Gasteiger charge is 2.28. The van der Waals surface area contributed by atoms with Crippen LogP contribution in [-0.4, -0.2) is 31.3 Å². The first-order valence-corrected chi connectivity index (χ1v) is 19.3. The number of fused-ring (bicyclic) bond motifs is 8. The van der Waals surface area contributed by atoms with Crippen molar-refractivity contribution in [1.29, 1.82) is 0 Å². The normalized spacial score (nSPS) is 12.5. The standard InChI is InChI=1S/C49H29N7O5/c1-25-8-6-10-27(20-25)50-48(60)38-21-26-9-2-3-11-30(26)44(46(38)59)55-53-29-17-19-32-31-18-16-28(22-35(31)45(58)36(32)23-29)52-54-43-33-12-7-13-34-42(33)37(24-41(43)57)47-51-39-14-4-5-15-40(39)56(47)49(34)61/h2-24,57,59H,1H3,(H,50,60). The van der Waals surface area contributed by atoms with Crippen LogP contribution in [0.1, 0.15) is 31.8 Å². The summed E-state index contributed by atoms with van der Waals surface area (Å²) in [5.41, 5.74) is 6.47. The van der Waals surface area contributed by atoms with Gasteiger partial charge in [-0.1, -0.05) is 72.8 Å². The number of aromatic hydroxyl groups is 2. The highest BCUT2D eigenvalue weighted by atomic mass is 16.3. The lowest BCUT2D eigenvalue weighted by Gasteiger charge is -2.11. The van der Waals surface area contributed by atoms with Crippen molar-refractivity contribution in [2.75, 3.05) is 5.32 Å². The van der Waals surface area contributed by atoms with Gasteiger partial charge in [0.1, 0.15) is 22.8 Å². The summed E-state index contributed by atoms with van der Waals surface area (Å²) in [4.78, 5) is 45.8. The van der Waals surface area contributed by atoms with Crippen LogP contribution in [0.4, 0.5) is 28.4 Å². The summed E-state index contributed by atoms with van der Waals surface area (Å²) >= 11 is 0. The van der Waals surface area contributed by atoms with Gasteiger partial charge in [0.25, 0.3) is 11.5 Å². The second kappa shape index (κ2) is 13.5. The maximum absolute atomic E-state index is 13.9. The van der Waals surface area contributed by atoms with E-state index in [4.69, 9.17) is 4.98 Å². The van der Waals surface area contributed by atoms with E-state index in [-0.39, 0.29) is 39.8 Å². The van der Waals surface area contributed by atoms with Crippen molar-refractivity contribution in [2.24, 2.45) is 20.5 Å². The molecule has 0 bridgehead atoms. The fraction of sp³-hybridized carbons (Fsp3) is 0.0204. The van der Waals surface area contributed by atoms with Gasteiger partial charge >= 0.3 is 0 Å². The van der Waals surface area contributed by atoms with Gasteiger partial charge in [-0.25, -0.2) is 4.98 Å². The Hall–Kier alpha value is -8.64. The molecule has 2 heterocycles. The van der Waals surface area contributed by atoms with Gasteiger partial charge in [-0.3, -0.25) is 18.8 Å². The Morgan fingerprint density at radius 1 is 0.623 bits per heavy atom. The summed E-state index contributed by atoms with van der Waals surface area (Å²) in [5, 5.41) is 46.8. The number of phenolic OH excluding ortho intramolecular Hbond substituents is 2. The highest BCUT2D eigenvalue weighted by molar-refractivity contribution is 6.23. The minimum Gasteiger partial charge on any atom is -0.506 e. The molecule has 2 aromatic heterocycles. The van der Waals surface area contributed by atoms with Crippen molar-refractivity contribution in [3.05, 3.63) is 172 Å². The van der Waals surface area contributed by atoms with E-state index >= 15 is 0 Å². The summed E-state index contributed by atoms with van der Waals surface area (Å²) in [7, 11) is 0. The van der Waals surface area contributed by atoms with Crippen LogP contribution in [0.3, 0.4) is 0 Å². The molecule has 290 valence electrons. The van der Waals surface area contributed by atoms with E-state index in [1.807, 2.05) is 67.6 Å². The molecule has 0 radical (unpaired) electrons. The number of hydrogen-bond donors (Lipinski definition) is 3. The number of hydrogen-bond acceptors (Lipinski definition) is 10. The third-order valence-electron chi connectivity index (χ3n) is 11.2. The Labute approximate surface area is 344 Å². The molecule has 1 aliphatic carbocycles. The molecule has 3 N–H and O–H groups in total. The van der Waals surface area contributed by atoms with Gasteiger partial charge in [-0.15, -0.1) is 10.2 Å². The van der Waals surface area contributed by atoms with Crippen LogP contribution < -0.4 is 10.9 Å². The lowest BCUT2D eigenvalue weighted by Crippen LogP contribution is -2.13. The van der Waals surface area contributed by atoms with Crippen molar-refractivity contribution in [1.82, 2.24) is 9.38 Å². The molecular weight excluding hydrogens is 767 g/mol. The van der Waals surface area contributed by atoms with Gasteiger partial charge in [0, 0.05) is 43.7 Å². The van der Waals surface area contributed by atoms with Crippen molar-refractivity contribution >= 4 is 89.1 Å². The number of anilines is 1. The summed E-state index contributed by atoms with van der Waals surface area (Å²) < 4.78 is 1.57. The molecule has 0 fully saturated rings. The zero-order chi connectivity index (χ0) is 41.5. The molecule has 10 aromatic rings. The Balaban J connectivity index is 0.905. The van der Waals surface area contributed by atoms with Crippen molar-refractivity contribution in [2.45, 2.75) is 6.92 Å². The Kier molecular flexibility index (Phi) is 7.84. The van der Waals surface area contributed by atoms with E-state index in [1.54, 1.807) is 83.3 Å². The van der Waals surface area contributed by atoms with Crippen LogP contribution in [-0.2, 0) is 0 Å². The lowest BCUT2D eigenvalue weighted by atomic mass is 10.0. The fourth-order valence-corrected chi connectivity index (χ4v) is 8.36. The fourth-order valence-electron chi connectivity index (χ4n) is 8.36. The van der Waals surface area contributed by atoms with E-state index in [1.165, 1.54) is 0 Å². The first kappa shape index (κ1) is 35.5. The third kappa shape index (κ3) is 5.61. The number of imidazole rings is 1. The molecule has 8 aromatic carbocycles. The first-order chi connectivity index (χ1) is 29.7. The number of carbonyl (C=O) groups is 2. The number of benzene rings is 8. The third-order valence-corrected chi connectivity index (χ3v) is 11.2. The minimum absolute atomic E-state index is 0.0397. The molecule has 0 unspecified atom stereocenters. The van der Waals surface area contributed by atoms with Crippen molar-refractivity contribution < 1.29 is 19.8 Å². The van der Waals surface area contributed by atoms with Gasteiger partial charge in [-0.05, 0) is 95.7 Å². The minimum atomic E-state index is -0.499. The molecular formula is C49H29N7O5. The van der Waals surface area contributed by atoms with E-state index in [0.717, 1.165) is 5.56 Å². The zero-order valence-corrected chi connectivity index (χ0v) is 32.1. The number of pyridine rings is 1. The summed E-state index contributed by atoms with van der Waals surface area (Å²) in [5.74, 6) is -1.20. The predicted octanol–water partition coefficient (Wildman–Crippen LogP) is 11.8. The van der Waals surface area contributed by atoms with Gasteiger partial charge < -0.3 is 15.5 Å². The molecule has 12 heteroatoms. The molecule has 0 aliphatic heterocycles. The van der Waals surface area contributed by atoms with Crippen LogP contribution in [0.5, 0.6) is 11.5 Å². The van der Waals surface area contributed by atoms with Crippen LogP contribution in [0, 0.1) is 6.92 Å². The number of nitrogens with zero attached hydrogens (tertiary/aromatic N) is 6. The van der Waals surface area contributed by atoms with Crippen LogP contribution in [0.25, 0.3) is 60.1 Å². The van der Waals surface area contributed by atoms with E-state index in [9.17, 15) is 24.6 Å². The molecule has 0 spiro atoms. The first-order valence-electron chi connectivity index (χ1n) is 19.3. The molecule has 12 nitrogen and oxygen atoms in total. The number of azo groups is 2. The number of para-hydroxylation sites is 2. The number of nitrogens with one attached hydrogen (secondary N) is 1. The Morgan fingerprint density at radius 3 is 2.07 bits per heavy atom. The van der Waals surface area contributed by atoms with Crippen LogP contribution in [0.15, 0.2) is 165 Å². The molecule has 0 saturated carbocycles. The number of ketones is 1. The zero-order valence-electron chi connectivity index (χ0n) is 32.1. The maximum Gasteiger partial charge on any atom is 0.264 e. The molecule has 11 rings (SSSR count). The number of carbonyl (C=O) groups excluding carboxylic acids is 2. The number of aromatic nitrogens is 2. The molecule has 0 saturated heterocycles. The average Bonchev–Trinajstić information content (AvgIpc) is 3.79. The second-order valence-corrected chi connectivity index (χ2v) is 14.9. The smallest absolute Gasteiger partial charge is 0.264 e. The van der Waals surface area contributed by atoms with E-state index < -0.39 is 5.91 Å². The van der Waals surface area contributed by atoms with Crippen LogP contribution >= 0.6 is 0 Å².